The van der Waals surface area contributed by atoms with Gasteiger partial charge in [0.15, 0.2) is 11.6 Å². The zero-order chi connectivity index (χ0) is 18.4. The Balaban J connectivity index is 1.53. The molecule has 5 nitrogen and oxygen atoms in total. The molecule has 0 aliphatic heterocycles. The summed E-state index contributed by atoms with van der Waals surface area (Å²) in [6.07, 6.45) is 3.37. The van der Waals surface area contributed by atoms with Gasteiger partial charge in [-0.3, -0.25) is 9.59 Å². The Labute approximate surface area is 159 Å². The van der Waals surface area contributed by atoms with Crippen molar-refractivity contribution in [3.05, 3.63) is 77.0 Å². The van der Waals surface area contributed by atoms with Gasteiger partial charge in [0.1, 0.15) is 0 Å². The fourth-order valence-electron chi connectivity index (χ4n) is 2.36. The molecule has 3 rings (SSSR count). The molecule has 0 bridgehead atoms. The van der Waals surface area contributed by atoms with E-state index in [1.54, 1.807) is 36.7 Å². The number of ketones is 1. The minimum absolute atomic E-state index is 0.0664. The highest BCUT2D eigenvalue weighted by Gasteiger charge is 2.10. The van der Waals surface area contributed by atoms with Crippen molar-refractivity contribution in [3.63, 3.8) is 0 Å². The average Bonchev–Trinajstić information content (AvgIpc) is 2.68. The molecular weight excluding hydrogens is 394 g/mol. The normalized spacial score (nSPS) is 10.3. The molecule has 3 aromatic rings. The number of amides is 1. The van der Waals surface area contributed by atoms with Crippen molar-refractivity contribution in [3.8, 4) is 11.4 Å². The van der Waals surface area contributed by atoms with Crippen LogP contribution in [0.1, 0.15) is 23.2 Å². The molecule has 6 heteroatoms. The Morgan fingerprint density at radius 1 is 0.885 bits per heavy atom. The standard InChI is InChI=1S/C20H16BrN3O2/c21-16-8-6-14(7-9-16)18(25)10-11-19(26)24-17-12-22-20(23-13-17)15-4-2-1-3-5-15/h1-9,12-13H,10-11H2,(H,24,26). The van der Waals surface area contributed by atoms with Crippen molar-refractivity contribution >= 4 is 33.3 Å². The van der Waals surface area contributed by atoms with E-state index >= 15 is 0 Å². The smallest absolute Gasteiger partial charge is 0.224 e. The van der Waals surface area contributed by atoms with E-state index in [1.165, 1.54) is 0 Å². The lowest BCUT2D eigenvalue weighted by Gasteiger charge is -2.06. The van der Waals surface area contributed by atoms with Crippen LogP contribution >= 0.6 is 15.9 Å². The maximum absolute atomic E-state index is 12.1. The summed E-state index contributed by atoms with van der Waals surface area (Å²) in [5.41, 5.74) is 2.01. The zero-order valence-electron chi connectivity index (χ0n) is 13.9. The predicted octanol–water partition coefficient (Wildman–Crippen LogP) is 4.51. The number of carbonyl (C=O) groups is 2. The molecule has 0 aliphatic carbocycles. The predicted molar refractivity (Wildman–Crippen MR) is 104 cm³/mol. The van der Waals surface area contributed by atoms with Gasteiger partial charge in [-0.15, -0.1) is 0 Å². The van der Waals surface area contributed by atoms with E-state index in [0.717, 1.165) is 10.0 Å². The first-order valence-electron chi connectivity index (χ1n) is 8.08. The van der Waals surface area contributed by atoms with Gasteiger partial charge in [0.25, 0.3) is 0 Å². The molecule has 0 fully saturated rings. The summed E-state index contributed by atoms with van der Waals surface area (Å²) in [5.74, 6) is 0.281. The van der Waals surface area contributed by atoms with Gasteiger partial charge in [-0.05, 0) is 12.1 Å². The molecule has 26 heavy (non-hydrogen) atoms. The first kappa shape index (κ1) is 17.9. The number of nitrogens with zero attached hydrogens (tertiary/aromatic N) is 2. The van der Waals surface area contributed by atoms with Crippen LogP contribution in [0.5, 0.6) is 0 Å². The van der Waals surface area contributed by atoms with Crippen LogP contribution in [0.3, 0.4) is 0 Å². The van der Waals surface area contributed by atoms with Crippen molar-refractivity contribution in [2.75, 3.05) is 5.32 Å². The van der Waals surface area contributed by atoms with Crippen molar-refractivity contribution in [1.29, 1.82) is 0 Å². The van der Waals surface area contributed by atoms with E-state index in [0.29, 0.717) is 17.1 Å². The van der Waals surface area contributed by atoms with Crippen LogP contribution < -0.4 is 5.32 Å². The number of halogens is 1. The number of hydrogen-bond donors (Lipinski definition) is 1. The largest absolute Gasteiger partial charge is 0.323 e. The van der Waals surface area contributed by atoms with Gasteiger partial charge in [0.2, 0.25) is 5.91 Å². The van der Waals surface area contributed by atoms with Crippen molar-refractivity contribution in [2.24, 2.45) is 0 Å². The number of hydrogen-bond acceptors (Lipinski definition) is 4. The highest BCUT2D eigenvalue weighted by molar-refractivity contribution is 9.10. The molecule has 130 valence electrons. The Kier molecular flexibility index (Phi) is 5.86. The Hall–Kier alpha value is -2.86. The van der Waals surface area contributed by atoms with Crippen LogP contribution in [0.2, 0.25) is 0 Å². The lowest BCUT2D eigenvalue weighted by atomic mass is 10.1. The molecule has 1 heterocycles. The number of anilines is 1. The fraction of sp³-hybridized carbons (Fsp3) is 0.100. The van der Waals surface area contributed by atoms with E-state index in [1.807, 2.05) is 30.3 Å². The van der Waals surface area contributed by atoms with Gasteiger partial charge >= 0.3 is 0 Å². The molecule has 0 saturated carbocycles. The highest BCUT2D eigenvalue weighted by Crippen LogP contribution is 2.16. The molecular formula is C20H16BrN3O2. The number of rotatable bonds is 6. The van der Waals surface area contributed by atoms with Crippen LogP contribution in [-0.4, -0.2) is 21.7 Å². The Morgan fingerprint density at radius 2 is 1.54 bits per heavy atom. The molecule has 0 atom stereocenters. The van der Waals surface area contributed by atoms with Gasteiger partial charge in [-0.1, -0.05) is 58.4 Å². The topological polar surface area (TPSA) is 72.0 Å². The van der Waals surface area contributed by atoms with Crippen LogP contribution in [0, 0.1) is 0 Å². The van der Waals surface area contributed by atoms with Crippen LogP contribution in [0.4, 0.5) is 5.69 Å². The van der Waals surface area contributed by atoms with Crippen LogP contribution in [0.25, 0.3) is 11.4 Å². The average molecular weight is 410 g/mol. The maximum Gasteiger partial charge on any atom is 0.224 e. The molecule has 2 aromatic carbocycles. The molecule has 0 spiro atoms. The maximum atomic E-state index is 12.1. The van der Waals surface area contributed by atoms with E-state index in [-0.39, 0.29) is 24.5 Å². The second-order valence-corrected chi connectivity index (χ2v) is 6.56. The number of carbonyl (C=O) groups excluding carboxylic acids is 2. The SMILES string of the molecule is O=C(CCC(=O)c1ccc(Br)cc1)Nc1cnc(-c2ccccc2)nc1. The number of benzene rings is 2. The summed E-state index contributed by atoms with van der Waals surface area (Å²) in [4.78, 5) is 32.6. The third-order valence-corrected chi connectivity index (χ3v) is 4.24. The van der Waals surface area contributed by atoms with Gasteiger partial charge in [0, 0.05) is 28.4 Å². The lowest BCUT2D eigenvalue weighted by Crippen LogP contribution is -2.14. The Morgan fingerprint density at radius 3 is 2.19 bits per heavy atom. The van der Waals surface area contributed by atoms with Gasteiger partial charge in [-0.2, -0.15) is 0 Å². The van der Waals surface area contributed by atoms with Crippen LogP contribution in [-0.2, 0) is 4.79 Å². The fourth-order valence-corrected chi connectivity index (χ4v) is 2.62. The van der Waals surface area contributed by atoms with Crippen molar-refractivity contribution < 1.29 is 9.59 Å². The molecule has 0 saturated heterocycles. The summed E-state index contributed by atoms with van der Waals surface area (Å²) < 4.78 is 0.908. The number of Topliss-reactive ketones (excluding diaryl/α,β-unsaturated/α-hetero) is 1. The van der Waals surface area contributed by atoms with Crippen molar-refractivity contribution in [2.45, 2.75) is 12.8 Å². The third kappa shape index (κ3) is 4.83. The second kappa shape index (κ2) is 8.49. The molecule has 1 amide bonds. The number of aromatic nitrogens is 2. The molecule has 0 radical (unpaired) electrons. The quantitative estimate of drug-likeness (QED) is 0.607. The number of nitrogens with one attached hydrogen (secondary N) is 1. The summed E-state index contributed by atoms with van der Waals surface area (Å²) >= 11 is 3.33. The minimum atomic E-state index is -0.244. The first-order chi connectivity index (χ1) is 12.6. The molecule has 1 aromatic heterocycles. The highest BCUT2D eigenvalue weighted by atomic mass is 79.9. The molecule has 1 N–H and O–H groups in total. The molecule has 0 aliphatic rings. The van der Waals surface area contributed by atoms with E-state index in [9.17, 15) is 9.59 Å². The van der Waals surface area contributed by atoms with E-state index in [4.69, 9.17) is 0 Å². The Bertz CT molecular complexity index is 895. The van der Waals surface area contributed by atoms with E-state index in [2.05, 4.69) is 31.2 Å². The van der Waals surface area contributed by atoms with Gasteiger partial charge < -0.3 is 5.32 Å². The minimum Gasteiger partial charge on any atom is -0.323 e. The van der Waals surface area contributed by atoms with Gasteiger partial charge in [-0.25, -0.2) is 9.97 Å². The van der Waals surface area contributed by atoms with E-state index < -0.39 is 0 Å². The summed E-state index contributed by atoms with van der Waals surface area (Å²) in [6, 6.07) is 16.7. The monoisotopic (exact) mass is 409 g/mol. The summed E-state index contributed by atoms with van der Waals surface area (Å²) in [6.45, 7) is 0. The zero-order valence-corrected chi connectivity index (χ0v) is 15.4. The van der Waals surface area contributed by atoms with Crippen molar-refractivity contribution in [1.82, 2.24) is 9.97 Å². The summed E-state index contributed by atoms with van der Waals surface area (Å²) in [5, 5.41) is 2.71. The van der Waals surface area contributed by atoms with Gasteiger partial charge in [0.05, 0.1) is 18.1 Å². The molecule has 0 unspecified atom stereocenters. The third-order valence-electron chi connectivity index (χ3n) is 3.71. The first-order valence-corrected chi connectivity index (χ1v) is 8.87. The summed E-state index contributed by atoms with van der Waals surface area (Å²) in [7, 11) is 0. The second-order valence-electron chi connectivity index (χ2n) is 5.64. The van der Waals surface area contributed by atoms with Crippen LogP contribution in [0.15, 0.2) is 71.5 Å². The lowest BCUT2D eigenvalue weighted by molar-refractivity contribution is -0.116.